The molecule has 0 aliphatic carbocycles. The van der Waals surface area contributed by atoms with Crippen LogP contribution in [0.25, 0.3) is 0 Å². The van der Waals surface area contributed by atoms with Crippen molar-refractivity contribution in [1.82, 2.24) is 10.6 Å². The van der Waals surface area contributed by atoms with Crippen molar-refractivity contribution in [3.8, 4) is 11.5 Å². The number of halogens is 1. The smallest absolute Gasteiger partial charge is 0.253 e. The molecule has 154 valence electrons. The number of ether oxygens (including phenoxy) is 2. The van der Waals surface area contributed by atoms with Crippen LogP contribution in [-0.2, 0) is 4.79 Å². The van der Waals surface area contributed by atoms with Crippen LogP contribution in [0.2, 0.25) is 5.02 Å². The van der Waals surface area contributed by atoms with Gasteiger partial charge in [-0.1, -0.05) is 43.6 Å². The van der Waals surface area contributed by atoms with Gasteiger partial charge in [0.25, 0.3) is 5.91 Å². The highest BCUT2D eigenvalue weighted by Crippen LogP contribution is 2.32. The molecule has 29 heavy (non-hydrogen) atoms. The third-order valence-corrected chi connectivity index (χ3v) is 5.11. The number of hydrogen-bond acceptors (Lipinski definition) is 4. The second-order valence-corrected chi connectivity index (χ2v) is 7.72. The fourth-order valence-electron chi connectivity index (χ4n) is 3.12. The molecule has 0 spiro atoms. The normalized spacial score (nSPS) is 14.8. The lowest BCUT2D eigenvalue weighted by molar-refractivity contribution is -0.124. The number of amides is 2. The highest BCUT2D eigenvalue weighted by atomic mass is 35.5. The van der Waals surface area contributed by atoms with E-state index in [4.69, 9.17) is 21.1 Å². The summed E-state index contributed by atoms with van der Waals surface area (Å²) in [6.45, 7) is 6.68. The van der Waals surface area contributed by atoms with Crippen LogP contribution in [0.4, 0.5) is 0 Å². The Labute approximate surface area is 175 Å². The van der Waals surface area contributed by atoms with Gasteiger partial charge in [0.05, 0.1) is 16.6 Å². The van der Waals surface area contributed by atoms with Crippen LogP contribution in [0, 0.1) is 5.92 Å². The Bertz CT molecular complexity index is 900. The molecular weight excluding hydrogens is 392 g/mol. The van der Waals surface area contributed by atoms with Gasteiger partial charge in [0.2, 0.25) is 5.91 Å². The van der Waals surface area contributed by atoms with E-state index in [2.05, 4.69) is 10.6 Å². The quantitative estimate of drug-likeness (QED) is 0.752. The zero-order valence-electron chi connectivity index (χ0n) is 16.7. The molecule has 2 amide bonds. The number of nitrogens with one attached hydrogen (secondary N) is 2. The summed E-state index contributed by atoms with van der Waals surface area (Å²) in [6, 6.07) is 11.4. The van der Waals surface area contributed by atoms with E-state index in [9.17, 15) is 9.59 Å². The van der Waals surface area contributed by atoms with Crippen molar-refractivity contribution in [2.24, 2.45) is 5.92 Å². The van der Waals surface area contributed by atoms with Gasteiger partial charge in [-0.25, -0.2) is 0 Å². The number of hydrogen-bond donors (Lipinski definition) is 2. The molecule has 0 saturated carbocycles. The van der Waals surface area contributed by atoms with Gasteiger partial charge in [-0.3, -0.25) is 9.59 Å². The molecule has 0 unspecified atom stereocenters. The van der Waals surface area contributed by atoms with Crippen molar-refractivity contribution in [2.75, 3.05) is 13.2 Å². The molecule has 0 saturated heterocycles. The lowest BCUT2D eigenvalue weighted by atomic mass is 10.0. The monoisotopic (exact) mass is 416 g/mol. The van der Waals surface area contributed by atoms with Crippen molar-refractivity contribution < 1.29 is 19.1 Å². The molecule has 1 heterocycles. The Kier molecular flexibility index (Phi) is 6.64. The van der Waals surface area contributed by atoms with Crippen LogP contribution in [-0.4, -0.2) is 31.1 Å². The first-order valence-corrected chi connectivity index (χ1v) is 10.00. The third-order valence-electron chi connectivity index (χ3n) is 4.78. The van der Waals surface area contributed by atoms with Gasteiger partial charge < -0.3 is 20.1 Å². The maximum absolute atomic E-state index is 12.9. The van der Waals surface area contributed by atoms with Gasteiger partial charge in [0.1, 0.15) is 19.3 Å². The predicted octanol–water partition coefficient (Wildman–Crippen LogP) is 3.74. The number of carbonyl (C=O) groups is 2. The Hall–Kier alpha value is -2.73. The summed E-state index contributed by atoms with van der Waals surface area (Å²) in [6.07, 6.45) is 0. The molecule has 3 rings (SSSR count). The molecule has 2 N–H and O–H groups in total. The Morgan fingerprint density at radius 2 is 1.66 bits per heavy atom. The molecule has 0 bridgehead atoms. The van der Waals surface area contributed by atoms with E-state index in [1.54, 1.807) is 24.3 Å². The van der Waals surface area contributed by atoms with Gasteiger partial charge >= 0.3 is 0 Å². The largest absolute Gasteiger partial charge is 0.486 e. The van der Waals surface area contributed by atoms with Crippen molar-refractivity contribution in [1.29, 1.82) is 0 Å². The van der Waals surface area contributed by atoms with E-state index in [0.29, 0.717) is 35.3 Å². The van der Waals surface area contributed by atoms with Gasteiger partial charge in [0, 0.05) is 0 Å². The van der Waals surface area contributed by atoms with E-state index in [0.717, 1.165) is 5.56 Å². The average molecular weight is 417 g/mol. The molecule has 1 aliphatic rings. The Morgan fingerprint density at radius 1 is 0.966 bits per heavy atom. The van der Waals surface area contributed by atoms with E-state index in [-0.39, 0.29) is 23.8 Å². The second-order valence-electron chi connectivity index (χ2n) is 7.31. The molecule has 1 aliphatic heterocycles. The number of carbonyl (C=O) groups excluding carboxylic acids is 2. The van der Waals surface area contributed by atoms with Crippen molar-refractivity contribution in [3.63, 3.8) is 0 Å². The second kappa shape index (κ2) is 9.18. The molecule has 0 fully saturated rings. The lowest BCUT2D eigenvalue weighted by Gasteiger charge is -2.25. The SMILES string of the molecule is CC(C)[C@H](NC(=O)c1ccccc1Cl)C(=O)N[C@@H](C)c1ccc2c(c1)OCCO2. The summed E-state index contributed by atoms with van der Waals surface area (Å²) >= 11 is 6.10. The maximum atomic E-state index is 12.9. The van der Waals surface area contributed by atoms with E-state index < -0.39 is 6.04 Å². The van der Waals surface area contributed by atoms with Gasteiger partial charge in [0.15, 0.2) is 11.5 Å². The predicted molar refractivity (Wildman–Crippen MR) is 112 cm³/mol. The van der Waals surface area contributed by atoms with Crippen LogP contribution in [0.15, 0.2) is 42.5 Å². The third kappa shape index (κ3) is 5.01. The van der Waals surface area contributed by atoms with Crippen LogP contribution >= 0.6 is 11.6 Å². The Balaban J connectivity index is 1.69. The highest BCUT2D eigenvalue weighted by Gasteiger charge is 2.27. The number of benzene rings is 2. The summed E-state index contributed by atoms with van der Waals surface area (Å²) in [5, 5.41) is 6.12. The van der Waals surface area contributed by atoms with E-state index in [1.807, 2.05) is 39.0 Å². The molecular formula is C22H25ClN2O4. The van der Waals surface area contributed by atoms with Crippen molar-refractivity contribution in [3.05, 3.63) is 58.6 Å². The summed E-state index contributed by atoms with van der Waals surface area (Å²) in [5.74, 6) is 0.626. The van der Waals surface area contributed by atoms with Crippen LogP contribution in [0.3, 0.4) is 0 Å². The Morgan fingerprint density at radius 3 is 2.34 bits per heavy atom. The fraction of sp³-hybridized carbons (Fsp3) is 0.364. The maximum Gasteiger partial charge on any atom is 0.253 e. The molecule has 2 atom stereocenters. The summed E-state index contributed by atoms with van der Waals surface area (Å²) < 4.78 is 11.1. The van der Waals surface area contributed by atoms with Gasteiger partial charge in [-0.05, 0) is 42.7 Å². The van der Waals surface area contributed by atoms with Crippen molar-refractivity contribution in [2.45, 2.75) is 32.9 Å². The minimum Gasteiger partial charge on any atom is -0.486 e. The fourth-order valence-corrected chi connectivity index (χ4v) is 3.34. The molecule has 7 heteroatoms. The number of rotatable bonds is 6. The van der Waals surface area contributed by atoms with Crippen LogP contribution < -0.4 is 20.1 Å². The minimum atomic E-state index is -0.696. The van der Waals surface area contributed by atoms with Crippen LogP contribution in [0.1, 0.15) is 42.7 Å². The summed E-state index contributed by atoms with van der Waals surface area (Å²) in [5.41, 5.74) is 1.23. The summed E-state index contributed by atoms with van der Waals surface area (Å²) in [4.78, 5) is 25.5. The van der Waals surface area contributed by atoms with Gasteiger partial charge in [-0.2, -0.15) is 0 Å². The lowest BCUT2D eigenvalue weighted by Crippen LogP contribution is -2.50. The first-order chi connectivity index (χ1) is 13.9. The number of fused-ring (bicyclic) bond motifs is 1. The molecule has 2 aromatic carbocycles. The summed E-state index contributed by atoms with van der Waals surface area (Å²) in [7, 11) is 0. The highest BCUT2D eigenvalue weighted by molar-refractivity contribution is 6.33. The zero-order valence-corrected chi connectivity index (χ0v) is 17.5. The average Bonchev–Trinajstić information content (AvgIpc) is 2.71. The van der Waals surface area contributed by atoms with Gasteiger partial charge in [-0.15, -0.1) is 0 Å². The first kappa shape index (κ1) is 21.0. The molecule has 6 nitrogen and oxygen atoms in total. The van der Waals surface area contributed by atoms with E-state index in [1.165, 1.54) is 0 Å². The van der Waals surface area contributed by atoms with E-state index >= 15 is 0 Å². The standard InChI is InChI=1S/C22H25ClN2O4/c1-13(2)20(25-21(26)16-6-4-5-7-17(16)23)22(27)24-14(3)15-8-9-18-19(12-15)29-11-10-28-18/h4-9,12-14,20H,10-11H2,1-3H3,(H,24,27)(H,25,26)/t14-,20-/m0/s1. The molecule has 0 radical (unpaired) electrons. The molecule has 0 aromatic heterocycles. The minimum absolute atomic E-state index is 0.103. The van der Waals surface area contributed by atoms with Crippen molar-refractivity contribution >= 4 is 23.4 Å². The first-order valence-electron chi connectivity index (χ1n) is 9.62. The topological polar surface area (TPSA) is 76.7 Å². The molecule has 2 aromatic rings. The zero-order chi connectivity index (χ0) is 21.0. The van der Waals surface area contributed by atoms with Crippen LogP contribution in [0.5, 0.6) is 11.5 Å².